The Kier molecular flexibility index (Phi) is 5.22. The fourth-order valence-corrected chi connectivity index (χ4v) is 3.47. The standard InChI is InChI=1S/C17H28N4O3/c1-19(2)16(22)13-23-15-10-17(24-12-15)5-8-21(9-6-17)11-14-4-7-20(3)18-14/h4,7,15H,5-6,8-13H2,1-3H3/t15-/m0/s1. The zero-order chi connectivity index (χ0) is 17.2. The molecule has 3 heterocycles. The highest BCUT2D eigenvalue weighted by molar-refractivity contribution is 5.76. The lowest BCUT2D eigenvalue weighted by molar-refractivity contribution is -0.135. The van der Waals surface area contributed by atoms with Gasteiger partial charge in [0.25, 0.3) is 0 Å². The Morgan fingerprint density at radius 1 is 1.46 bits per heavy atom. The lowest BCUT2D eigenvalue weighted by Gasteiger charge is -2.38. The van der Waals surface area contributed by atoms with E-state index in [1.165, 1.54) is 0 Å². The van der Waals surface area contributed by atoms with Gasteiger partial charge in [-0.3, -0.25) is 14.4 Å². The third-order valence-electron chi connectivity index (χ3n) is 5.04. The summed E-state index contributed by atoms with van der Waals surface area (Å²) >= 11 is 0. The third-order valence-corrected chi connectivity index (χ3v) is 5.04. The summed E-state index contributed by atoms with van der Waals surface area (Å²) in [4.78, 5) is 15.6. The molecule has 24 heavy (non-hydrogen) atoms. The van der Waals surface area contributed by atoms with Gasteiger partial charge in [-0.15, -0.1) is 0 Å². The van der Waals surface area contributed by atoms with Crippen LogP contribution in [-0.4, -0.2) is 77.6 Å². The fourth-order valence-electron chi connectivity index (χ4n) is 3.47. The summed E-state index contributed by atoms with van der Waals surface area (Å²) < 4.78 is 13.7. The smallest absolute Gasteiger partial charge is 0.248 e. The lowest BCUT2D eigenvalue weighted by atomic mass is 9.88. The molecule has 0 unspecified atom stereocenters. The van der Waals surface area contributed by atoms with Gasteiger partial charge in [0.05, 0.1) is 24.0 Å². The van der Waals surface area contributed by atoms with Crippen LogP contribution in [0.5, 0.6) is 0 Å². The second-order valence-corrected chi connectivity index (χ2v) is 7.18. The second kappa shape index (κ2) is 7.21. The van der Waals surface area contributed by atoms with E-state index in [9.17, 15) is 4.79 Å². The zero-order valence-corrected chi connectivity index (χ0v) is 14.9. The first kappa shape index (κ1) is 17.4. The molecule has 0 aliphatic carbocycles. The van der Waals surface area contributed by atoms with Gasteiger partial charge in [-0.25, -0.2) is 0 Å². The maximum atomic E-state index is 11.6. The average molecular weight is 336 g/mol. The molecule has 7 heteroatoms. The lowest BCUT2D eigenvalue weighted by Crippen LogP contribution is -2.44. The monoisotopic (exact) mass is 336 g/mol. The van der Waals surface area contributed by atoms with Crippen molar-refractivity contribution >= 4 is 5.91 Å². The molecule has 2 fully saturated rings. The Morgan fingerprint density at radius 3 is 2.83 bits per heavy atom. The molecule has 0 saturated carbocycles. The van der Waals surface area contributed by atoms with Crippen LogP contribution in [0.4, 0.5) is 0 Å². The number of aromatic nitrogens is 2. The molecule has 1 aromatic heterocycles. The Balaban J connectivity index is 1.43. The van der Waals surface area contributed by atoms with Crippen LogP contribution < -0.4 is 0 Å². The van der Waals surface area contributed by atoms with Crippen LogP contribution in [0.25, 0.3) is 0 Å². The number of likely N-dealkylation sites (N-methyl/N-ethyl adjacent to an activating group) is 1. The SMILES string of the molecule is CN(C)C(=O)CO[C@@H]1COC2(CCN(Cc3ccn(C)n3)CC2)C1. The van der Waals surface area contributed by atoms with Crippen LogP contribution >= 0.6 is 0 Å². The van der Waals surface area contributed by atoms with Crippen LogP contribution in [0.3, 0.4) is 0 Å². The first-order valence-electron chi connectivity index (χ1n) is 8.62. The van der Waals surface area contributed by atoms with Crippen molar-refractivity contribution < 1.29 is 14.3 Å². The normalized spacial score (nSPS) is 23.7. The molecule has 2 aliphatic rings. The number of ether oxygens (including phenoxy) is 2. The maximum Gasteiger partial charge on any atom is 0.248 e. The van der Waals surface area contributed by atoms with Gasteiger partial charge in [0.2, 0.25) is 5.91 Å². The van der Waals surface area contributed by atoms with Crippen molar-refractivity contribution in [3.05, 3.63) is 18.0 Å². The first-order valence-corrected chi connectivity index (χ1v) is 8.62. The summed E-state index contributed by atoms with van der Waals surface area (Å²) in [5, 5.41) is 4.45. The predicted molar refractivity (Wildman–Crippen MR) is 89.5 cm³/mol. The zero-order valence-electron chi connectivity index (χ0n) is 14.9. The Labute approximate surface area is 143 Å². The molecule has 134 valence electrons. The average Bonchev–Trinajstić information content (AvgIpc) is 3.14. The summed E-state index contributed by atoms with van der Waals surface area (Å²) in [6.45, 7) is 3.66. The minimum atomic E-state index is -0.0630. The highest BCUT2D eigenvalue weighted by Gasteiger charge is 2.43. The predicted octanol–water partition coefficient (Wildman–Crippen LogP) is 0.648. The van der Waals surface area contributed by atoms with Gasteiger partial charge >= 0.3 is 0 Å². The molecule has 1 aromatic rings. The molecule has 7 nitrogen and oxygen atoms in total. The number of hydrogen-bond donors (Lipinski definition) is 0. The van der Waals surface area contributed by atoms with Crippen molar-refractivity contribution in [2.24, 2.45) is 7.05 Å². The van der Waals surface area contributed by atoms with Crippen LogP contribution in [0.1, 0.15) is 25.0 Å². The van der Waals surface area contributed by atoms with Gasteiger partial charge in [-0.2, -0.15) is 5.10 Å². The van der Waals surface area contributed by atoms with Crippen LogP contribution in [-0.2, 0) is 27.9 Å². The van der Waals surface area contributed by atoms with Crippen molar-refractivity contribution in [2.75, 3.05) is 40.4 Å². The number of carbonyl (C=O) groups excluding carboxylic acids is 1. The Hall–Kier alpha value is -1.44. The number of hydrogen-bond acceptors (Lipinski definition) is 5. The quantitative estimate of drug-likeness (QED) is 0.790. The second-order valence-electron chi connectivity index (χ2n) is 7.18. The minimum Gasteiger partial charge on any atom is -0.372 e. The molecule has 1 spiro atoms. The van der Waals surface area contributed by atoms with E-state index < -0.39 is 0 Å². The highest BCUT2D eigenvalue weighted by Crippen LogP contribution is 2.37. The molecule has 1 atom stereocenters. The van der Waals surface area contributed by atoms with Crippen molar-refractivity contribution in [1.82, 2.24) is 19.6 Å². The summed E-state index contributed by atoms with van der Waals surface area (Å²) in [5.74, 6) is 0.00105. The van der Waals surface area contributed by atoms with Gasteiger partial charge < -0.3 is 14.4 Å². The van der Waals surface area contributed by atoms with Gasteiger partial charge in [0.1, 0.15) is 6.61 Å². The van der Waals surface area contributed by atoms with Crippen LogP contribution in [0, 0.1) is 0 Å². The third kappa shape index (κ3) is 4.15. The molecule has 0 N–H and O–H groups in total. The largest absolute Gasteiger partial charge is 0.372 e. The van der Waals surface area contributed by atoms with E-state index in [0.717, 1.165) is 44.6 Å². The molecule has 3 rings (SSSR count). The van der Waals surface area contributed by atoms with Crippen molar-refractivity contribution in [1.29, 1.82) is 0 Å². The molecule has 0 bridgehead atoms. The van der Waals surface area contributed by atoms with Crippen molar-refractivity contribution in [3.8, 4) is 0 Å². The molecule has 0 radical (unpaired) electrons. The maximum absolute atomic E-state index is 11.6. The first-order chi connectivity index (χ1) is 11.5. The number of likely N-dealkylation sites (tertiary alicyclic amines) is 1. The fraction of sp³-hybridized carbons (Fsp3) is 0.765. The number of rotatable bonds is 5. The minimum absolute atomic E-state index is 0.00105. The van der Waals surface area contributed by atoms with Crippen LogP contribution in [0.2, 0.25) is 0 Å². The number of aryl methyl sites for hydroxylation is 1. The number of amides is 1. The highest BCUT2D eigenvalue weighted by atomic mass is 16.6. The molecule has 2 aliphatic heterocycles. The summed E-state index contributed by atoms with van der Waals surface area (Å²) in [5.41, 5.74) is 1.05. The topological polar surface area (TPSA) is 59.8 Å². The number of piperidine rings is 1. The van der Waals surface area contributed by atoms with E-state index in [2.05, 4.69) is 16.1 Å². The van der Waals surface area contributed by atoms with E-state index in [1.54, 1.807) is 19.0 Å². The molecular formula is C17H28N4O3. The van der Waals surface area contributed by atoms with E-state index in [-0.39, 0.29) is 24.2 Å². The molecule has 2 saturated heterocycles. The summed E-state index contributed by atoms with van der Waals surface area (Å²) in [6.07, 6.45) is 4.95. The molecular weight excluding hydrogens is 308 g/mol. The van der Waals surface area contributed by atoms with E-state index >= 15 is 0 Å². The van der Waals surface area contributed by atoms with Crippen molar-refractivity contribution in [2.45, 2.75) is 37.5 Å². The van der Waals surface area contributed by atoms with E-state index in [4.69, 9.17) is 9.47 Å². The summed E-state index contributed by atoms with van der Waals surface area (Å²) in [6, 6.07) is 2.07. The van der Waals surface area contributed by atoms with Gasteiger partial charge in [0, 0.05) is 53.4 Å². The van der Waals surface area contributed by atoms with E-state index in [0.29, 0.717) is 6.61 Å². The van der Waals surface area contributed by atoms with E-state index in [1.807, 2.05) is 17.9 Å². The van der Waals surface area contributed by atoms with Crippen LogP contribution in [0.15, 0.2) is 12.3 Å². The number of carbonyl (C=O) groups is 1. The molecule has 0 aromatic carbocycles. The number of nitrogens with zero attached hydrogens (tertiary/aromatic N) is 4. The van der Waals surface area contributed by atoms with Crippen molar-refractivity contribution in [3.63, 3.8) is 0 Å². The van der Waals surface area contributed by atoms with Gasteiger partial charge in [0.15, 0.2) is 0 Å². The Bertz CT molecular complexity index is 564. The van der Waals surface area contributed by atoms with Gasteiger partial charge in [-0.1, -0.05) is 0 Å². The Morgan fingerprint density at radius 2 is 2.21 bits per heavy atom. The molecule has 1 amide bonds. The van der Waals surface area contributed by atoms with Gasteiger partial charge in [-0.05, 0) is 18.9 Å². The summed E-state index contributed by atoms with van der Waals surface area (Å²) in [7, 11) is 5.44.